The number of piperidine rings is 1. The number of methoxy groups -OCH3 is 1. The van der Waals surface area contributed by atoms with Crippen molar-refractivity contribution in [2.75, 3.05) is 50.1 Å². The molecule has 1 aromatic carbocycles. The number of rotatable bonds is 5. The van der Waals surface area contributed by atoms with Gasteiger partial charge in [-0.15, -0.1) is 0 Å². The Labute approximate surface area is 210 Å². The van der Waals surface area contributed by atoms with Crippen LogP contribution in [0.1, 0.15) is 36.0 Å². The molecule has 188 valence electrons. The minimum absolute atomic E-state index is 0.121. The molecule has 0 aliphatic carbocycles. The molecule has 1 N–H and O–H groups in total. The highest BCUT2D eigenvalue weighted by atomic mass is 16.5. The number of amides is 1. The Morgan fingerprint density at radius 1 is 1.03 bits per heavy atom. The molecule has 3 aliphatic heterocycles. The summed E-state index contributed by atoms with van der Waals surface area (Å²) < 4.78 is 11.8. The molecule has 3 unspecified atom stereocenters. The second-order valence-corrected chi connectivity index (χ2v) is 9.88. The molecule has 0 spiro atoms. The third kappa shape index (κ3) is 4.37. The SMILES string of the molecule is CNC(=O)c1cccc(-c2ccc3c(N4CCCC(OC)C4)nc(N4CC5CCC(C4)O5)nc3n2)c1. The van der Waals surface area contributed by atoms with Gasteiger partial charge in [-0.1, -0.05) is 12.1 Å². The van der Waals surface area contributed by atoms with Crippen LogP contribution in [0.25, 0.3) is 22.3 Å². The highest BCUT2D eigenvalue weighted by Gasteiger charge is 2.35. The second kappa shape index (κ2) is 9.63. The van der Waals surface area contributed by atoms with Gasteiger partial charge in [0.2, 0.25) is 5.95 Å². The van der Waals surface area contributed by atoms with E-state index in [0.717, 1.165) is 74.3 Å². The number of fused-ring (bicyclic) bond motifs is 3. The predicted molar refractivity (Wildman–Crippen MR) is 139 cm³/mol. The Hall–Kier alpha value is -3.30. The summed E-state index contributed by atoms with van der Waals surface area (Å²) in [5, 5.41) is 3.61. The summed E-state index contributed by atoms with van der Waals surface area (Å²) in [4.78, 5) is 31.8. The van der Waals surface area contributed by atoms with Crippen LogP contribution in [0.15, 0.2) is 36.4 Å². The number of nitrogens with one attached hydrogen (secondary N) is 1. The molecule has 0 saturated carbocycles. The number of pyridine rings is 1. The van der Waals surface area contributed by atoms with E-state index in [1.807, 2.05) is 24.3 Å². The monoisotopic (exact) mass is 488 g/mol. The number of hydrogen-bond donors (Lipinski definition) is 1. The fourth-order valence-corrected chi connectivity index (χ4v) is 5.59. The smallest absolute Gasteiger partial charge is 0.251 e. The molecule has 2 bridgehead atoms. The molecule has 1 amide bonds. The summed E-state index contributed by atoms with van der Waals surface area (Å²) in [5.74, 6) is 1.50. The number of carbonyl (C=O) groups excluding carboxylic acids is 1. The van der Waals surface area contributed by atoms with Crippen molar-refractivity contribution in [1.29, 1.82) is 0 Å². The highest BCUT2D eigenvalue weighted by Crippen LogP contribution is 2.33. The van der Waals surface area contributed by atoms with E-state index in [2.05, 4.69) is 21.2 Å². The minimum atomic E-state index is -0.121. The van der Waals surface area contributed by atoms with Gasteiger partial charge in [-0.2, -0.15) is 9.97 Å². The lowest BCUT2D eigenvalue weighted by atomic mass is 10.1. The molecule has 36 heavy (non-hydrogen) atoms. The van der Waals surface area contributed by atoms with E-state index in [9.17, 15) is 4.79 Å². The van der Waals surface area contributed by atoms with Gasteiger partial charge < -0.3 is 24.6 Å². The maximum Gasteiger partial charge on any atom is 0.251 e. The topological polar surface area (TPSA) is 92.7 Å². The number of hydrogen-bond acceptors (Lipinski definition) is 8. The Morgan fingerprint density at radius 3 is 2.64 bits per heavy atom. The molecule has 9 nitrogen and oxygen atoms in total. The number of morpholine rings is 1. The van der Waals surface area contributed by atoms with Crippen molar-refractivity contribution in [3.8, 4) is 11.3 Å². The predicted octanol–water partition coefficient (Wildman–Crippen LogP) is 3.03. The molecule has 0 radical (unpaired) electrons. The molecule has 5 heterocycles. The van der Waals surface area contributed by atoms with Crippen LogP contribution in [0.4, 0.5) is 11.8 Å². The van der Waals surface area contributed by atoms with Crippen molar-refractivity contribution in [2.24, 2.45) is 0 Å². The van der Waals surface area contributed by atoms with Gasteiger partial charge in [-0.05, 0) is 49.9 Å². The van der Waals surface area contributed by atoms with E-state index in [1.165, 1.54) is 0 Å². The highest BCUT2D eigenvalue weighted by molar-refractivity contribution is 5.95. The summed E-state index contributed by atoms with van der Waals surface area (Å²) in [6, 6.07) is 11.6. The first kappa shape index (κ1) is 23.1. The maximum atomic E-state index is 12.2. The molecular weight excluding hydrogens is 456 g/mol. The average molecular weight is 489 g/mol. The van der Waals surface area contributed by atoms with Crippen molar-refractivity contribution in [2.45, 2.75) is 44.0 Å². The number of nitrogens with zero attached hydrogens (tertiary/aromatic N) is 5. The maximum absolute atomic E-state index is 12.2. The lowest BCUT2D eigenvalue weighted by Gasteiger charge is -2.35. The van der Waals surface area contributed by atoms with E-state index >= 15 is 0 Å². The Kier molecular flexibility index (Phi) is 6.18. The van der Waals surface area contributed by atoms with E-state index < -0.39 is 0 Å². The number of aromatic nitrogens is 3. The zero-order valence-electron chi connectivity index (χ0n) is 20.8. The van der Waals surface area contributed by atoms with Gasteiger partial charge in [0.1, 0.15) is 5.82 Å². The summed E-state index contributed by atoms with van der Waals surface area (Å²) in [5.41, 5.74) is 2.92. The summed E-state index contributed by atoms with van der Waals surface area (Å²) in [6.45, 7) is 3.33. The molecule has 3 atom stereocenters. The number of ether oxygens (including phenoxy) is 2. The van der Waals surface area contributed by atoms with Crippen LogP contribution in [0, 0.1) is 0 Å². The number of anilines is 2. The van der Waals surface area contributed by atoms with Gasteiger partial charge in [-0.3, -0.25) is 4.79 Å². The van der Waals surface area contributed by atoms with Crippen LogP contribution < -0.4 is 15.1 Å². The van der Waals surface area contributed by atoms with Crippen LogP contribution in [0.5, 0.6) is 0 Å². The summed E-state index contributed by atoms with van der Waals surface area (Å²) >= 11 is 0. The Balaban J connectivity index is 1.43. The average Bonchev–Trinajstić information content (AvgIpc) is 3.28. The first-order valence-electron chi connectivity index (χ1n) is 12.8. The normalized spacial score (nSPS) is 23.8. The van der Waals surface area contributed by atoms with Crippen LogP contribution in [0.2, 0.25) is 0 Å². The summed E-state index contributed by atoms with van der Waals surface area (Å²) in [6.07, 6.45) is 4.96. The van der Waals surface area contributed by atoms with Crippen molar-refractivity contribution >= 4 is 28.7 Å². The zero-order valence-corrected chi connectivity index (χ0v) is 20.8. The van der Waals surface area contributed by atoms with Crippen molar-refractivity contribution in [3.05, 3.63) is 42.0 Å². The molecular formula is C27H32N6O3. The van der Waals surface area contributed by atoms with Gasteiger partial charge in [0.25, 0.3) is 5.91 Å². The van der Waals surface area contributed by atoms with Crippen LogP contribution in [0.3, 0.4) is 0 Å². The number of benzene rings is 1. The summed E-state index contributed by atoms with van der Waals surface area (Å²) in [7, 11) is 3.41. The molecule has 3 fully saturated rings. The molecule has 6 rings (SSSR count). The van der Waals surface area contributed by atoms with E-state index in [4.69, 9.17) is 24.4 Å². The van der Waals surface area contributed by atoms with E-state index in [-0.39, 0.29) is 24.2 Å². The lowest BCUT2D eigenvalue weighted by Crippen LogP contribution is -2.44. The second-order valence-electron chi connectivity index (χ2n) is 9.88. The van der Waals surface area contributed by atoms with Crippen LogP contribution in [-0.2, 0) is 9.47 Å². The zero-order chi connectivity index (χ0) is 24.6. The fourth-order valence-electron chi connectivity index (χ4n) is 5.59. The van der Waals surface area contributed by atoms with Crippen molar-refractivity contribution < 1.29 is 14.3 Å². The Bertz CT molecular complexity index is 1270. The third-order valence-corrected chi connectivity index (χ3v) is 7.51. The van der Waals surface area contributed by atoms with Gasteiger partial charge >= 0.3 is 0 Å². The van der Waals surface area contributed by atoms with E-state index in [0.29, 0.717) is 17.2 Å². The standard InChI is InChI=1S/C27H32N6O3/c1-28-26(34)18-6-3-5-17(13-18)23-11-10-22-24(29-23)30-27(33-15-20-8-9-21(16-33)36-20)31-25(22)32-12-4-7-19(14-32)35-2/h3,5-6,10-11,13,19-21H,4,7-9,12,14-16H2,1-2H3,(H,28,34). The molecule has 2 aromatic heterocycles. The van der Waals surface area contributed by atoms with E-state index in [1.54, 1.807) is 20.2 Å². The van der Waals surface area contributed by atoms with Gasteiger partial charge in [0.15, 0.2) is 5.65 Å². The van der Waals surface area contributed by atoms with Crippen LogP contribution in [-0.4, -0.2) is 79.5 Å². The molecule has 3 aromatic rings. The molecule has 9 heteroatoms. The fraction of sp³-hybridized carbons (Fsp3) is 0.481. The Morgan fingerprint density at radius 2 is 1.86 bits per heavy atom. The third-order valence-electron chi connectivity index (χ3n) is 7.51. The molecule has 3 saturated heterocycles. The quantitative estimate of drug-likeness (QED) is 0.586. The van der Waals surface area contributed by atoms with Crippen molar-refractivity contribution in [1.82, 2.24) is 20.3 Å². The first-order chi connectivity index (χ1) is 17.6. The number of carbonyl (C=O) groups is 1. The van der Waals surface area contributed by atoms with Gasteiger partial charge in [-0.25, -0.2) is 4.98 Å². The van der Waals surface area contributed by atoms with Crippen LogP contribution >= 0.6 is 0 Å². The van der Waals surface area contributed by atoms with Crippen molar-refractivity contribution in [3.63, 3.8) is 0 Å². The van der Waals surface area contributed by atoms with Gasteiger partial charge in [0.05, 0.1) is 29.4 Å². The van der Waals surface area contributed by atoms with Gasteiger partial charge in [0, 0.05) is 51.5 Å². The lowest BCUT2D eigenvalue weighted by molar-refractivity contribution is 0.0299. The molecule has 3 aliphatic rings. The first-order valence-corrected chi connectivity index (χ1v) is 12.8. The largest absolute Gasteiger partial charge is 0.380 e. The minimum Gasteiger partial charge on any atom is -0.380 e.